The average Bonchev–Trinajstić information content (AvgIpc) is 3.15. The molecule has 0 bridgehead atoms. The second-order valence-electron chi connectivity index (χ2n) is 7.06. The monoisotopic (exact) mass is 433 g/mol. The molecule has 0 saturated carbocycles. The van der Waals surface area contributed by atoms with Crippen LogP contribution in [0.15, 0.2) is 84.1 Å². The van der Waals surface area contributed by atoms with Gasteiger partial charge in [-0.1, -0.05) is 35.4 Å². The Morgan fingerprint density at radius 2 is 1.67 bits per heavy atom. The molecule has 0 spiro atoms. The van der Waals surface area contributed by atoms with E-state index in [-0.39, 0.29) is 4.90 Å². The molecule has 0 unspecified atom stereocenters. The first-order valence-electron chi connectivity index (χ1n) is 9.28. The van der Waals surface area contributed by atoms with Crippen molar-refractivity contribution in [1.29, 1.82) is 0 Å². The Labute approximate surface area is 178 Å². The number of rotatable bonds is 3. The third kappa shape index (κ3) is 2.96. The summed E-state index contributed by atoms with van der Waals surface area (Å²) in [6.45, 7) is 1.92. The second kappa shape index (κ2) is 6.93. The zero-order valence-corrected chi connectivity index (χ0v) is 17.5. The lowest BCUT2D eigenvalue weighted by atomic mass is 10.0. The third-order valence-corrected chi connectivity index (χ3v) is 7.03. The number of nitrogens with zero attached hydrogens (tertiary/aromatic N) is 3. The topological polar surface area (TPSA) is 64.8 Å². The van der Waals surface area contributed by atoms with Crippen molar-refractivity contribution in [3.8, 4) is 11.1 Å². The molecule has 0 atom stereocenters. The lowest BCUT2D eigenvalue weighted by Crippen LogP contribution is -2.12. The van der Waals surface area contributed by atoms with Crippen LogP contribution in [0.5, 0.6) is 0 Å². The summed E-state index contributed by atoms with van der Waals surface area (Å²) >= 11 is 6.47. The molecule has 30 heavy (non-hydrogen) atoms. The summed E-state index contributed by atoms with van der Waals surface area (Å²) in [6, 6.07) is 18.0. The third-order valence-electron chi connectivity index (χ3n) is 5.08. The van der Waals surface area contributed by atoms with E-state index >= 15 is 0 Å². The maximum absolute atomic E-state index is 13.4. The fourth-order valence-corrected chi connectivity index (χ4v) is 5.17. The first-order chi connectivity index (χ1) is 14.4. The second-order valence-corrected chi connectivity index (χ2v) is 9.29. The van der Waals surface area contributed by atoms with Crippen molar-refractivity contribution in [2.24, 2.45) is 0 Å². The predicted molar refractivity (Wildman–Crippen MR) is 119 cm³/mol. The summed E-state index contributed by atoms with van der Waals surface area (Å²) in [7, 11) is -3.81. The van der Waals surface area contributed by atoms with E-state index in [0.717, 1.165) is 27.5 Å². The minimum Gasteiger partial charge on any atom is -0.255 e. The highest BCUT2D eigenvalue weighted by atomic mass is 35.5. The summed E-state index contributed by atoms with van der Waals surface area (Å²) < 4.78 is 28.0. The summed E-state index contributed by atoms with van der Waals surface area (Å²) in [6.07, 6.45) is 4.89. The average molecular weight is 434 g/mol. The lowest BCUT2D eigenvalue weighted by molar-refractivity contribution is 0.589. The zero-order chi connectivity index (χ0) is 20.9. The highest BCUT2D eigenvalue weighted by Gasteiger charge is 2.23. The SMILES string of the molecule is Cc1ccc(S(=O)(=O)n2cc(-c3cc(Cl)c4ncccc4c3)c3cccnc32)cc1. The van der Waals surface area contributed by atoms with E-state index < -0.39 is 10.0 Å². The first-order valence-corrected chi connectivity index (χ1v) is 11.1. The van der Waals surface area contributed by atoms with Gasteiger partial charge in [0.25, 0.3) is 10.0 Å². The van der Waals surface area contributed by atoms with Crippen LogP contribution >= 0.6 is 11.6 Å². The minimum atomic E-state index is -3.81. The standard InChI is InChI=1S/C23H16ClN3O2S/c1-15-6-8-18(9-7-15)30(28,29)27-14-20(19-5-3-11-26-23(19)27)17-12-16-4-2-10-25-22(16)21(24)13-17/h2-14H,1H3. The summed E-state index contributed by atoms with van der Waals surface area (Å²) in [5, 5.41) is 2.12. The number of hydrogen-bond acceptors (Lipinski definition) is 4. The van der Waals surface area contributed by atoms with Gasteiger partial charge in [0.2, 0.25) is 0 Å². The fourth-order valence-electron chi connectivity index (χ4n) is 3.57. The molecule has 0 saturated heterocycles. The Bertz CT molecular complexity index is 1520. The number of aryl methyl sites for hydroxylation is 1. The van der Waals surface area contributed by atoms with E-state index in [2.05, 4.69) is 9.97 Å². The van der Waals surface area contributed by atoms with Gasteiger partial charge in [0.05, 0.1) is 15.4 Å². The molecule has 5 nitrogen and oxygen atoms in total. The Balaban J connectivity index is 1.77. The van der Waals surface area contributed by atoms with Crippen LogP contribution in [0.2, 0.25) is 5.02 Å². The van der Waals surface area contributed by atoms with Crippen LogP contribution in [-0.2, 0) is 10.0 Å². The largest absolute Gasteiger partial charge is 0.269 e. The zero-order valence-electron chi connectivity index (χ0n) is 15.9. The molecular formula is C23H16ClN3O2S. The number of aromatic nitrogens is 3. The molecule has 0 fully saturated rings. The molecule has 0 aliphatic carbocycles. The number of hydrogen-bond donors (Lipinski definition) is 0. The minimum absolute atomic E-state index is 0.211. The number of halogens is 1. The molecule has 5 rings (SSSR count). The molecule has 3 aromatic heterocycles. The van der Waals surface area contributed by atoms with Gasteiger partial charge in [0.1, 0.15) is 0 Å². The highest BCUT2D eigenvalue weighted by molar-refractivity contribution is 7.90. The van der Waals surface area contributed by atoms with Crippen molar-refractivity contribution in [2.75, 3.05) is 0 Å². The van der Waals surface area contributed by atoms with Gasteiger partial charge in [-0.25, -0.2) is 17.4 Å². The molecule has 0 N–H and O–H groups in total. The van der Waals surface area contributed by atoms with Gasteiger partial charge in [-0.15, -0.1) is 0 Å². The van der Waals surface area contributed by atoms with Crippen LogP contribution < -0.4 is 0 Å². The smallest absolute Gasteiger partial charge is 0.255 e. The van der Waals surface area contributed by atoms with E-state index in [9.17, 15) is 8.42 Å². The van der Waals surface area contributed by atoms with Crippen molar-refractivity contribution < 1.29 is 8.42 Å². The van der Waals surface area contributed by atoms with Crippen LogP contribution in [-0.4, -0.2) is 22.4 Å². The van der Waals surface area contributed by atoms with Crippen LogP contribution in [0.25, 0.3) is 33.1 Å². The lowest BCUT2D eigenvalue weighted by Gasteiger charge is -2.07. The van der Waals surface area contributed by atoms with Gasteiger partial charge in [-0.3, -0.25) is 4.98 Å². The van der Waals surface area contributed by atoms with E-state index in [0.29, 0.717) is 16.2 Å². The van der Waals surface area contributed by atoms with Crippen molar-refractivity contribution >= 4 is 43.6 Å². The Hall–Kier alpha value is -3.22. The molecule has 5 aromatic rings. The number of benzene rings is 2. The maximum atomic E-state index is 13.4. The molecule has 2 aromatic carbocycles. The molecule has 0 radical (unpaired) electrons. The van der Waals surface area contributed by atoms with Gasteiger partial charge in [0, 0.05) is 34.9 Å². The first kappa shape index (κ1) is 18.8. The Morgan fingerprint density at radius 1 is 0.933 bits per heavy atom. The molecule has 0 aliphatic rings. The maximum Gasteiger partial charge on any atom is 0.269 e. The van der Waals surface area contributed by atoms with E-state index in [1.54, 1.807) is 48.9 Å². The molecule has 3 heterocycles. The van der Waals surface area contributed by atoms with E-state index in [4.69, 9.17) is 11.6 Å². The van der Waals surface area contributed by atoms with Crippen molar-refractivity contribution in [2.45, 2.75) is 11.8 Å². The predicted octanol–water partition coefficient (Wildman–Crippen LogP) is 5.45. The van der Waals surface area contributed by atoms with Crippen LogP contribution in [0.4, 0.5) is 0 Å². The molecule has 7 heteroatoms. The fraction of sp³-hybridized carbons (Fsp3) is 0.0435. The van der Waals surface area contributed by atoms with Crippen molar-refractivity contribution in [3.63, 3.8) is 0 Å². The van der Waals surface area contributed by atoms with Crippen molar-refractivity contribution in [1.82, 2.24) is 13.9 Å². The Kier molecular flexibility index (Phi) is 4.34. The summed E-state index contributed by atoms with van der Waals surface area (Å²) in [5.74, 6) is 0. The number of pyridine rings is 2. The molecular weight excluding hydrogens is 418 g/mol. The van der Waals surface area contributed by atoms with Gasteiger partial charge >= 0.3 is 0 Å². The van der Waals surface area contributed by atoms with Crippen molar-refractivity contribution in [3.05, 3.63) is 89.8 Å². The van der Waals surface area contributed by atoms with Gasteiger partial charge in [-0.2, -0.15) is 0 Å². The van der Waals surface area contributed by atoms with Crippen LogP contribution in [0.1, 0.15) is 5.56 Å². The normalized spacial score (nSPS) is 11.9. The Morgan fingerprint density at radius 3 is 2.47 bits per heavy atom. The quantitative estimate of drug-likeness (QED) is 0.379. The summed E-state index contributed by atoms with van der Waals surface area (Å²) in [4.78, 5) is 8.89. The van der Waals surface area contributed by atoms with Crippen LogP contribution in [0, 0.1) is 6.92 Å². The van der Waals surface area contributed by atoms with Gasteiger partial charge < -0.3 is 0 Å². The highest BCUT2D eigenvalue weighted by Crippen LogP contribution is 2.35. The van der Waals surface area contributed by atoms with Gasteiger partial charge in [0.15, 0.2) is 5.65 Å². The number of fused-ring (bicyclic) bond motifs is 2. The molecule has 148 valence electrons. The summed E-state index contributed by atoms with van der Waals surface area (Å²) in [5.41, 5.74) is 3.61. The van der Waals surface area contributed by atoms with E-state index in [1.165, 1.54) is 3.97 Å². The van der Waals surface area contributed by atoms with Gasteiger partial charge in [-0.05, 0) is 55.0 Å². The van der Waals surface area contributed by atoms with Crippen LogP contribution in [0.3, 0.4) is 0 Å². The van der Waals surface area contributed by atoms with E-state index in [1.807, 2.05) is 37.3 Å². The molecule has 0 amide bonds. The molecule has 0 aliphatic heterocycles.